The molecule has 2 heteroatoms. The van der Waals surface area contributed by atoms with Gasteiger partial charge in [-0.2, -0.15) is 0 Å². The predicted octanol–water partition coefficient (Wildman–Crippen LogP) is 16.0. The summed E-state index contributed by atoms with van der Waals surface area (Å²) >= 11 is 0. The average molecular weight is 787 g/mol. The van der Waals surface area contributed by atoms with Crippen LogP contribution in [0.2, 0.25) is 0 Å². The van der Waals surface area contributed by atoms with Crippen molar-refractivity contribution in [2.45, 2.75) is 70.1 Å². The van der Waals surface area contributed by atoms with E-state index in [0.29, 0.717) is 5.92 Å². The van der Waals surface area contributed by atoms with E-state index in [1.165, 1.54) is 94.4 Å². The van der Waals surface area contributed by atoms with Gasteiger partial charge < -0.3 is 9.80 Å². The van der Waals surface area contributed by atoms with Crippen LogP contribution in [0, 0.1) is 0 Å². The molecule has 8 aromatic rings. The minimum atomic E-state index is -0.165. The van der Waals surface area contributed by atoms with Crippen molar-refractivity contribution in [3.05, 3.63) is 220 Å². The first kappa shape index (κ1) is 36.2. The standard InChI is InChI=1S/C59H50N2/c1-57(2)48-18-11-12-21-54(48)61-55-31-25-42(35-53(55)58(3,4)50-20-13-19-49(57)56(50)61)41-24-29-46-47-30-28-45(36-52(47)59(5,6)51(46)34-41)60(43-26-22-37-14-7-9-16-39(37)32-43)44-27-23-38-15-8-10-17-40(38)33-44/h7-28,30-36,46H,29H2,1-6H3. The molecule has 0 bridgehead atoms. The molecule has 1 atom stereocenters. The Balaban J connectivity index is 0.941. The maximum Gasteiger partial charge on any atom is 0.0543 e. The number of hydrogen-bond acceptors (Lipinski definition) is 2. The summed E-state index contributed by atoms with van der Waals surface area (Å²) in [4.78, 5) is 5.01. The molecule has 2 nitrogen and oxygen atoms in total. The van der Waals surface area contributed by atoms with E-state index in [4.69, 9.17) is 0 Å². The van der Waals surface area contributed by atoms with Gasteiger partial charge in [0, 0.05) is 39.2 Å². The summed E-state index contributed by atoms with van der Waals surface area (Å²) < 4.78 is 0. The van der Waals surface area contributed by atoms with E-state index >= 15 is 0 Å². The van der Waals surface area contributed by atoms with Gasteiger partial charge in [0.1, 0.15) is 0 Å². The van der Waals surface area contributed by atoms with Crippen LogP contribution in [0.5, 0.6) is 0 Å². The average Bonchev–Trinajstić information content (AvgIpc) is 3.50. The summed E-state index contributed by atoms with van der Waals surface area (Å²) in [5.74, 6) is 0.366. The largest absolute Gasteiger partial charge is 0.310 e. The molecule has 0 spiro atoms. The minimum Gasteiger partial charge on any atom is -0.310 e. The van der Waals surface area contributed by atoms with Crippen LogP contribution >= 0.6 is 0 Å². The van der Waals surface area contributed by atoms with E-state index in [1.54, 1.807) is 0 Å². The lowest BCUT2D eigenvalue weighted by Crippen LogP contribution is -2.38. The molecule has 0 amide bonds. The topological polar surface area (TPSA) is 6.48 Å². The molecule has 0 fully saturated rings. The van der Waals surface area contributed by atoms with E-state index in [1.807, 2.05) is 0 Å². The van der Waals surface area contributed by atoms with Gasteiger partial charge in [0.25, 0.3) is 0 Å². The molecule has 0 radical (unpaired) electrons. The van der Waals surface area contributed by atoms with E-state index < -0.39 is 0 Å². The lowest BCUT2D eigenvalue weighted by molar-refractivity contribution is 0.597. The molecule has 12 rings (SSSR count). The molecule has 4 aliphatic rings. The van der Waals surface area contributed by atoms with Crippen LogP contribution < -0.4 is 9.80 Å². The van der Waals surface area contributed by atoms with E-state index in [2.05, 4.69) is 227 Å². The number of hydrogen-bond donors (Lipinski definition) is 0. The van der Waals surface area contributed by atoms with Crippen molar-refractivity contribution >= 4 is 61.2 Å². The summed E-state index contributed by atoms with van der Waals surface area (Å²) in [5.41, 5.74) is 19.7. The summed E-state index contributed by atoms with van der Waals surface area (Å²) in [5, 5.41) is 4.99. The van der Waals surface area contributed by atoms with Gasteiger partial charge in [-0.3, -0.25) is 0 Å². The van der Waals surface area contributed by atoms with Crippen LogP contribution in [0.4, 0.5) is 34.1 Å². The highest BCUT2D eigenvalue weighted by Crippen LogP contribution is 2.61. The first-order valence-corrected chi connectivity index (χ1v) is 22.0. The van der Waals surface area contributed by atoms with Gasteiger partial charge in [0.05, 0.1) is 17.1 Å². The van der Waals surface area contributed by atoms with E-state index in [-0.39, 0.29) is 16.2 Å². The second-order valence-corrected chi connectivity index (χ2v) is 19.4. The second-order valence-electron chi connectivity index (χ2n) is 19.4. The normalized spacial score (nSPS) is 18.3. The predicted molar refractivity (Wildman–Crippen MR) is 258 cm³/mol. The summed E-state index contributed by atoms with van der Waals surface area (Å²) in [6.07, 6.45) is 6.05. The summed E-state index contributed by atoms with van der Waals surface area (Å²) in [6.45, 7) is 14.5. The number of anilines is 6. The Hall–Kier alpha value is -6.64. The molecule has 296 valence electrons. The third-order valence-electron chi connectivity index (χ3n) is 15.0. The highest BCUT2D eigenvalue weighted by Gasteiger charge is 2.46. The maximum atomic E-state index is 2.56. The fourth-order valence-corrected chi connectivity index (χ4v) is 11.6. The first-order valence-electron chi connectivity index (χ1n) is 22.0. The summed E-state index contributed by atoms with van der Waals surface area (Å²) in [6, 6.07) is 61.7. The molecule has 2 aliphatic heterocycles. The number of allylic oxidation sites excluding steroid dienone is 4. The van der Waals surface area contributed by atoms with Crippen molar-refractivity contribution < 1.29 is 0 Å². The molecule has 61 heavy (non-hydrogen) atoms. The van der Waals surface area contributed by atoms with Gasteiger partial charge in [-0.15, -0.1) is 0 Å². The van der Waals surface area contributed by atoms with Gasteiger partial charge in [0.15, 0.2) is 0 Å². The first-order chi connectivity index (χ1) is 29.5. The molecular weight excluding hydrogens is 737 g/mol. The Morgan fingerprint density at radius 3 is 1.70 bits per heavy atom. The Morgan fingerprint density at radius 2 is 1.02 bits per heavy atom. The Bertz CT molecular complexity index is 3150. The van der Waals surface area contributed by atoms with Gasteiger partial charge >= 0.3 is 0 Å². The zero-order chi connectivity index (χ0) is 41.4. The van der Waals surface area contributed by atoms with Gasteiger partial charge in [-0.25, -0.2) is 0 Å². The van der Waals surface area contributed by atoms with Gasteiger partial charge in [-0.05, 0) is 127 Å². The zero-order valence-corrected chi connectivity index (χ0v) is 35.9. The lowest BCUT2D eigenvalue weighted by atomic mass is 9.66. The number of nitrogens with zero attached hydrogens (tertiary/aromatic N) is 2. The molecule has 2 heterocycles. The number of rotatable bonds is 4. The Kier molecular flexibility index (Phi) is 7.54. The fraction of sp³-hybridized carbons (Fsp3) is 0.186. The van der Waals surface area contributed by atoms with Crippen LogP contribution in [-0.4, -0.2) is 0 Å². The summed E-state index contributed by atoms with van der Waals surface area (Å²) in [7, 11) is 0. The third kappa shape index (κ3) is 5.15. The highest BCUT2D eigenvalue weighted by molar-refractivity contribution is 5.95. The van der Waals surface area contributed by atoms with Gasteiger partial charge in [-0.1, -0.05) is 168 Å². The van der Waals surface area contributed by atoms with Gasteiger partial charge in [0.2, 0.25) is 0 Å². The molecule has 2 aliphatic carbocycles. The smallest absolute Gasteiger partial charge is 0.0543 e. The molecule has 0 N–H and O–H groups in total. The number of para-hydroxylation sites is 2. The zero-order valence-electron chi connectivity index (χ0n) is 35.9. The number of benzene rings is 8. The van der Waals surface area contributed by atoms with Crippen LogP contribution in [0.15, 0.2) is 182 Å². The molecular formula is C59H50N2. The quantitative estimate of drug-likeness (QED) is 0.175. The van der Waals surface area contributed by atoms with Crippen molar-refractivity contribution in [2.24, 2.45) is 0 Å². The van der Waals surface area contributed by atoms with Crippen LogP contribution in [-0.2, 0) is 16.2 Å². The van der Waals surface area contributed by atoms with Crippen molar-refractivity contribution in [2.75, 3.05) is 9.80 Å². The van der Waals surface area contributed by atoms with Crippen molar-refractivity contribution in [3.63, 3.8) is 0 Å². The van der Waals surface area contributed by atoms with Crippen molar-refractivity contribution in [1.29, 1.82) is 0 Å². The highest BCUT2D eigenvalue weighted by atomic mass is 15.2. The van der Waals surface area contributed by atoms with Crippen LogP contribution in [0.3, 0.4) is 0 Å². The van der Waals surface area contributed by atoms with E-state index in [9.17, 15) is 0 Å². The molecule has 8 aromatic carbocycles. The Morgan fingerprint density at radius 1 is 0.459 bits per heavy atom. The molecule has 0 saturated heterocycles. The van der Waals surface area contributed by atoms with Crippen molar-refractivity contribution in [1.82, 2.24) is 0 Å². The lowest BCUT2D eigenvalue weighted by Gasteiger charge is -2.49. The monoisotopic (exact) mass is 786 g/mol. The molecule has 0 aromatic heterocycles. The SMILES string of the molecule is CC1(C)C2=CC(c3ccc4c(c3)C(C)(C)c3cccc5c3N4c3ccccc3C5(C)C)=CCC2c2ccc(N(c3ccc4ccccc4c3)c3ccc4ccccc4c3)cc21. The third-order valence-corrected chi connectivity index (χ3v) is 15.0. The van der Waals surface area contributed by atoms with Crippen LogP contribution in [0.25, 0.3) is 27.1 Å². The number of fused-ring (bicyclic) bond motifs is 9. The maximum absolute atomic E-state index is 2.56. The second kappa shape index (κ2) is 12.7. The fourth-order valence-electron chi connectivity index (χ4n) is 11.6. The van der Waals surface area contributed by atoms with E-state index in [0.717, 1.165) is 17.8 Å². The van der Waals surface area contributed by atoms with Crippen LogP contribution in [0.1, 0.15) is 92.8 Å². The van der Waals surface area contributed by atoms with Crippen molar-refractivity contribution in [3.8, 4) is 0 Å². The molecule has 1 unspecified atom stereocenters. The molecule has 0 saturated carbocycles. The minimum absolute atomic E-state index is 0.0841. The Labute approximate surface area is 360 Å².